The van der Waals surface area contributed by atoms with Crippen LogP contribution in [-0.4, -0.2) is 54.5 Å². The SMILES string of the molecule is CCCN1CCC(N(C)C(=O)[C@H](N)C(C)C)CC1. The maximum atomic E-state index is 12.2. The van der Waals surface area contributed by atoms with Gasteiger partial charge in [0.05, 0.1) is 6.04 Å². The summed E-state index contributed by atoms with van der Waals surface area (Å²) >= 11 is 0. The number of hydrogen-bond donors (Lipinski definition) is 1. The van der Waals surface area contributed by atoms with Crippen molar-refractivity contribution in [1.82, 2.24) is 9.80 Å². The van der Waals surface area contributed by atoms with Crippen molar-refractivity contribution in [2.24, 2.45) is 11.7 Å². The van der Waals surface area contributed by atoms with E-state index < -0.39 is 0 Å². The number of likely N-dealkylation sites (N-methyl/N-ethyl adjacent to an activating group) is 1. The van der Waals surface area contributed by atoms with Gasteiger partial charge < -0.3 is 15.5 Å². The highest BCUT2D eigenvalue weighted by Gasteiger charge is 2.28. The number of hydrogen-bond acceptors (Lipinski definition) is 3. The van der Waals surface area contributed by atoms with Crippen LogP contribution >= 0.6 is 0 Å². The molecule has 1 atom stereocenters. The molecule has 0 aromatic carbocycles. The Labute approximate surface area is 111 Å². The van der Waals surface area contributed by atoms with Crippen molar-refractivity contribution in [3.8, 4) is 0 Å². The third-order valence-electron chi connectivity index (χ3n) is 4.00. The van der Waals surface area contributed by atoms with Gasteiger partial charge in [-0.2, -0.15) is 0 Å². The number of rotatable bonds is 5. The molecule has 4 heteroatoms. The Balaban J connectivity index is 2.44. The van der Waals surface area contributed by atoms with Crippen LogP contribution < -0.4 is 5.73 Å². The number of carbonyl (C=O) groups is 1. The van der Waals surface area contributed by atoms with Crippen LogP contribution in [0.2, 0.25) is 0 Å². The smallest absolute Gasteiger partial charge is 0.239 e. The summed E-state index contributed by atoms with van der Waals surface area (Å²) < 4.78 is 0. The van der Waals surface area contributed by atoms with Gasteiger partial charge in [-0.05, 0) is 31.7 Å². The van der Waals surface area contributed by atoms with Crippen LogP contribution in [0.4, 0.5) is 0 Å². The molecule has 1 amide bonds. The fraction of sp³-hybridized carbons (Fsp3) is 0.929. The maximum absolute atomic E-state index is 12.2. The fourth-order valence-electron chi connectivity index (χ4n) is 2.55. The maximum Gasteiger partial charge on any atom is 0.239 e. The Morgan fingerprint density at radius 2 is 1.94 bits per heavy atom. The minimum absolute atomic E-state index is 0.0962. The number of amides is 1. The highest BCUT2D eigenvalue weighted by atomic mass is 16.2. The topological polar surface area (TPSA) is 49.6 Å². The van der Waals surface area contributed by atoms with E-state index in [2.05, 4.69) is 11.8 Å². The molecule has 0 aliphatic carbocycles. The fourth-order valence-corrected chi connectivity index (χ4v) is 2.55. The largest absolute Gasteiger partial charge is 0.341 e. The summed E-state index contributed by atoms with van der Waals surface area (Å²) in [7, 11) is 1.91. The average molecular weight is 255 g/mol. The lowest BCUT2D eigenvalue weighted by molar-refractivity contribution is -0.135. The molecule has 1 rings (SSSR count). The van der Waals surface area contributed by atoms with Gasteiger partial charge in [-0.1, -0.05) is 20.8 Å². The van der Waals surface area contributed by atoms with Crippen LogP contribution in [0.1, 0.15) is 40.0 Å². The van der Waals surface area contributed by atoms with Crippen molar-refractivity contribution >= 4 is 5.91 Å². The summed E-state index contributed by atoms with van der Waals surface area (Å²) in [5.74, 6) is 0.305. The molecule has 0 aromatic heterocycles. The zero-order chi connectivity index (χ0) is 13.7. The van der Waals surface area contributed by atoms with Crippen LogP contribution in [0.3, 0.4) is 0 Å². The zero-order valence-corrected chi connectivity index (χ0v) is 12.4. The minimum Gasteiger partial charge on any atom is -0.341 e. The van der Waals surface area contributed by atoms with Crippen molar-refractivity contribution in [3.63, 3.8) is 0 Å². The lowest BCUT2D eigenvalue weighted by atomic mass is 9.99. The summed E-state index contributed by atoms with van der Waals surface area (Å²) in [6, 6.07) is 0.0130. The highest BCUT2D eigenvalue weighted by molar-refractivity contribution is 5.81. The second kappa shape index (κ2) is 7.10. The Morgan fingerprint density at radius 1 is 1.39 bits per heavy atom. The molecule has 18 heavy (non-hydrogen) atoms. The molecule has 1 heterocycles. The second-order valence-electron chi connectivity index (χ2n) is 5.79. The molecule has 1 saturated heterocycles. The molecule has 4 nitrogen and oxygen atoms in total. The average Bonchev–Trinajstić information content (AvgIpc) is 2.37. The van der Waals surface area contributed by atoms with Crippen molar-refractivity contribution < 1.29 is 4.79 Å². The summed E-state index contributed by atoms with van der Waals surface area (Å²) in [5.41, 5.74) is 5.94. The van der Waals surface area contributed by atoms with E-state index in [1.165, 1.54) is 13.0 Å². The van der Waals surface area contributed by atoms with Crippen molar-refractivity contribution in [2.45, 2.75) is 52.1 Å². The van der Waals surface area contributed by atoms with Crippen LogP contribution in [0, 0.1) is 5.92 Å². The molecule has 1 aliphatic heterocycles. The van der Waals surface area contributed by atoms with E-state index in [0.717, 1.165) is 25.9 Å². The molecule has 1 aliphatic rings. The van der Waals surface area contributed by atoms with E-state index >= 15 is 0 Å². The number of carbonyl (C=O) groups excluding carboxylic acids is 1. The predicted octanol–water partition coefficient (Wildman–Crippen LogP) is 1.30. The van der Waals surface area contributed by atoms with Gasteiger partial charge in [0.1, 0.15) is 0 Å². The van der Waals surface area contributed by atoms with Gasteiger partial charge in [-0.15, -0.1) is 0 Å². The molecule has 0 saturated carbocycles. The zero-order valence-electron chi connectivity index (χ0n) is 12.4. The van der Waals surface area contributed by atoms with Crippen LogP contribution in [0.15, 0.2) is 0 Å². The van der Waals surface area contributed by atoms with Gasteiger partial charge in [0, 0.05) is 26.2 Å². The highest BCUT2D eigenvalue weighted by Crippen LogP contribution is 2.17. The number of likely N-dealkylation sites (tertiary alicyclic amines) is 1. The first-order chi connectivity index (χ1) is 8.47. The predicted molar refractivity (Wildman–Crippen MR) is 75.3 cm³/mol. The standard InChI is InChI=1S/C14H29N3O/c1-5-8-17-9-6-12(7-10-17)16(4)14(18)13(15)11(2)3/h11-13H,5-10,15H2,1-4H3/t13-/m1/s1. The van der Waals surface area contributed by atoms with E-state index in [1.807, 2.05) is 25.8 Å². The molecule has 2 N–H and O–H groups in total. The van der Waals surface area contributed by atoms with Gasteiger partial charge in [-0.25, -0.2) is 0 Å². The minimum atomic E-state index is -0.358. The van der Waals surface area contributed by atoms with Crippen LogP contribution in [0.25, 0.3) is 0 Å². The molecule has 0 spiro atoms. The third kappa shape index (κ3) is 3.95. The second-order valence-corrected chi connectivity index (χ2v) is 5.79. The Hall–Kier alpha value is -0.610. The monoisotopic (exact) mass is 255 g/mol. The van der Waals surface area contributed by atoms with Gasteiger partial charge in [-0.3, -0.25) is 4.79 Å². The van der Waals surface area contributed by atoms with Crippen molar-refractivity contribution in [2.75, 3.05) is 26.7 Å². The number of nitrogens with two attached hydrogens (primary N) is 1. The summed E-state index contributed by atoms with van der Waals surface area (Å²) in [5, 5.41) is 0. The Kier molecular flexibility index (Phi) is 6.09. The normalized spacial score (nSPS) is 20.1. The molecule has 0 bridgehead atoms. The number of piperidine rings is 1. The van der Waals surface area contributed by atoms with Gasteiger partial charge in [0.15, 0.2) is 0 Å². The lowest BCUT2D eigenvalue weighted by Crippen LogP contribution is -2.51. The number of nitrogens with zero attached hydrogens (tertiary/aromatic N) is 2. The summed E-state index contributed by atoms with van der Waals surface area (Å²) in [4.78, 5) is 16.5. The quantitative estimate of drug-likeness (QED) is 0.805. The molecule has 106 valence electrons. The van der Waals surface area contributed by atoms with E-state index in [4.69, 9.17) is 5.73 Å². The van der Waals surface area contributed by atoms with E-state index in [1.54, 1.807) is 0 Å². The first-order valence-electron chi connectivity index (χ1n) is 7.22. The molecule has 0 aromatic rings. The molecule has 1 fully saturated rings. The van der Waals surface area contributed by atoms with E-state index in [-0.39, 0.29) is 17.9 Å². The first-order valence-corrected chi connectivity index (χ1v) is 7.22. The summed E-state index contributed by atoms with van der Waals surface area (Å²) in [6.07, 6.45) is 3.36. The third-order valence-corrected chi connectivity index (χ3v) is 4.00. The van der Waals surface area contributed by atoms with Crippen molar-refractivity contribution in [1.29, 1.82) is 0 Å². The van der Waals surface area contributed by atoms with Crippen LogP contribution in [-0.2, 0) is 4.79 Å². The molecule has 0 radical (unpaired) electrons. The molecular weight excluding hydrogens is 226 g/mol. The molecular formula is C14H29N3O. The van der Waals surface area contributed by atoms with Gasteiger partial charge >= 0.3 is 0 Å². The van der Waals surface area contributed by atoms with Crippen LogP contribution in [0.5, 0.6) is 0 Å². The van der Waals surface area contributed by atoms with Crippen molar-refractivity contribution in [3.05, 3.63) is 0 Å². The van der Waals surface area contributed by atoms with E-state index in [9.17, 15) is 4.79 Å². The lowest BCUT2D eigenvalue weighted by Gasteiger charge is -2.38. The Bertz CT molecular complexity index is 260. The first kappa shape index (κ1) is 15.4. The summed E-state index contributed by atoms with van der Waals surface area (Å²) in [6.45, 7) is 9.60. The Morgan fingerprint density at radius 3 is 2.39 bits per heavy atom. The van der Waals surface area contributed by atoms with E-state index in [0.29, 0.717) is 6.04 Å². The molecule has 0 unspecified atom stereocenters. The van der Waals surface area contributed by atoms with Gasteiger partial charge in [0.2, 0.25) is 5.91 Å². The van der Waals surface area contributed by atoms with Gasteiger partial charge in [0.25, 0.3) is 0 Å².